The zero-order chi connectivity index (χ0) is 21.3. The summed E-state index contributed by atoms with van der Waals surface area (Å²) in [6.45, 7) is 2.13. The van der Waals surface area contributed by atoms with Gasteiger partial charge in [0, 0.05) is 25.2 Å². The van der Waals surface area contributed by atoms with Crippen molar-refractivity contribution in [1.29, 1.82) is 0 Å². The molecule has 1 fully saturated rings. The van der Waals surface area contributed by atoms with Crippen LogP contribution in [-0.2, 0) is 16.1 Å². The van der Waals surface area contributed by atoms with E-state index < -0.39 is 6.10 Å². The topological polar surface area (TPSA) is 79.0 Å². The normalized spacial score (nSPS) is 17.7. The van der Waals surface area contributed by atoms with Gasteiger partial charge in [0.25, 0.3) is 11.8 Å². The van der Waals surface area contributed by atoms with Gasteiger partial charge in [0.2, 0.25) is 5.91 Å². The van der Waals surface area contributed by atoms with Crippen LogP contribution in [0.2, 0.25) is 0 Å². The minimum atomic E-state index is -0.626. The molecule has 0 bridgehead atoms. The van der Waals surface area contributed by atoms with Gasteiger partial charge in [-0.1, -0.05) is 24.3 Å². The maximum atomic E-state index is 13.2. The molecule has 7 nitrogen and oxygen atoms in total. The quantitative estimate of drug-likeness (QED) is 0.797. The minimum absolute atomic E-state index is 0.0175. The molecule has 2 aromatic rings. The second-order valence-electron chi connectivity index (χ2n) is 7.68. The van der Waals surface area contributed by atoms with Crippen molar-refractivity contribution in [2.24, 2.45) is 0 Å². The molecule has 1 N–H and O–H groups in total. The highest BCUT2D eigenvalue weighted by molar-refractivity contribution is 6.03. The largest absolute Gasteiger partial charge is 0.479 e. The maximum absolute atomic E-state index is 13.2. The molecular weight excluding hydrogens is 382 g/mol. The number of hydrogen-bond donors (Lipinski definition) is 1. The Labute approximate surface area is 175 Å². The van der Waals surface area contributed by atoms with E-state index in [2.05, 4.69) is 5.32 Å². The zero-order valence-electron chi connectivity index (χ0n) is 17.1. The number of amides is 3. The molecule has 7 heteroatoms. The molecule has 2 aliphatic rings. The Morgan fingerprint density at radius 1 is 1.13 bits per heavy atom. The van der Waals surface area contributed by atoms with Crippen LogP contribution in [0.3, 0.4) is 0 Å². The molecule has 30 heavy (non-hydrogen) atoms. The standard InChI is InChI=1S/C23H25N3O4/c1-15-23(29)26(19-5-3-4-6-20(19)30-15)14-21(27)25(18-11-12-18)13-16-7-9-17(10-8-16)22(28)24-2/h3-10,15,18H,11-14H2,1-2H3,(H,24,28). The van der Waals surface area contributed by atoms with E-state index in [1.807, 2.05) is 35.2 Å². The second kappa shape index (κ2) is 8.18. The van der Waals surface area contributed by atoms with E-state index in [4.69, 9.17) is 4.74 Å². The number of carbonyl (C=O) groups is 3. The van der Waals surface area contributed by atoms with Crippen molar-refractivity contribution >= 4 is 23.4 Å². The lowest BCUT2D eigenvalue weighted by Crippen LogP contribution is -2.49. The summed E-state index contributed by atoms with van der Waals surface area (Å²) < 4.78 is 5.66. The Morgan fingerprint density at radius 2 is 1.83 bits per heavy atom. The highest BCUT2D eigenvalue weighted by Gasteiger charge is 2.37. The van der Waals surface area contributed by atoms with Gasteiger partial charge >= 0.3 is 0 Å². The Morgan fingerprint density at radius 3 is 2.50 bits per heavy atom. The number of nitrogens with one attached hydrogen (secondary N) is 1. The average Bonchev–Trinajstić information content (AvgIpc) is 3.60. The molecule has 0 radical (unpaired) electrons. The number of hydrogen-bond acceptors (Lipinski definition) is 4. The van der Waals surface area contributed by atoms with E-state index in [1.165, 1.54) is 4.90 Å². The summed E-state index contributed by atoms with van der Waals surface area (Å²) in [7, 11) is 1.59. The van der Waals surface area contributed by atoms with Crippen molar-refractivity contribution in [2.45, 2.75) is 38.5 Å². The summed E-state index contributed by atoms with van der Waals surface area (Å²) >= 11 is 0. The van der Waals surface area contributed by atoms with Crippen molar-refractivity contribution in [1.82, 2.24) is 10.2 Å². The summed E-state index contributed by atoms with van der Waals surface area (Å²) in [5.41, 5.74) is 2.15. The summed E-state index contributed by atoms with van der Waals surface area (Å²) in [5, 5.41) is 2.60. The molecule has 1 aliphatic carbocycles. The number of nitrogens with zero attached hydrogens (tertiary/aromatic N) is 2. The Bertz CT molecular complexity index is 969. The lowest BCUT2D eigenvalue weighted by molar-refractivity contribution is -0.134. The lowest BCUT2D eigenvalue weighted by atomic mass is 10.1. The van der Waals surface area contributed by atoms with Crippen molar-refractivity contribution in [2.75, 3.05) is 18.5 Å². The number of anilines is 1. The molecule has 0 spiro atoms. The van der Waals surface area contributed by atoms with Crippen LogP contribution in [0.15, 0.2) is 48.5 Å². The molecule has 156 valence electrons. The van der Waals surface area contributed by atoms with Gasteiger partial charge < -0.3 is 15.0 Å². The number of fused-ring (bicyclic) bond motifs is 1. The molecule has 1 heterocycles. The first-order valence-corrected chi connectivity index (χ1v) is 10.2. The first-order valence-electron chi connectivity index (χ1n) is 10.2. The molecule has 0 saturated heterocycles. The molecule has 1 unspecified atom stereocenters. The van der Waals surface area contributed by atoms with Crippen LogP contribution < -0.4 is 15.0 Å². The molecular formula is C23H25N3O4. The van der Waals surface area contributed by atoms with Crippen LogP contribution >= 0.6 is 0 Å². The smallest absolute Gasteiger partial charge is 0.268 e. The Balaban J connectivity index is 1.51. The number of rotatable bonds is 6. The van der Waals surface area contributed by atoms with E-state index in [-0.39, 0.29) is 30.3 Å². The molecule has 2 aromatic carbocycles. The summed E-state index contributed by atoms with van der Waals surface area (Å²) in [4.78, 5) is 41.0. The first kappa shape index (κ1) is 19.9. The molecule has 1 atom stereocenters. The number of carbonyl (C=O) groups excluding carboxylic acids is 3. The van der Waals surface area contributed by atoms with E-state index in [9.17, 15) is 14.4 Å². The molecule has 1 aliphatic heterocycles. The van der Waals surface area contributed by atoms with Crippen LogP contribution in [0.5, 0.6) is 5.75 Å². The fourth-order valence-corrected chi connectivity index (χ4v) is 3.66. The summed E-state index contributed by atoms with van der Waals surface area (Å²) in [6, 6.07) is 14.7. The third kappa shape index (κ3) is 4.01. The summed E-state index contributed by atoms with van der Waals surface area (Å²) in [5.74, 6) is 0.160. The highest BCUT2D eigenvalue weighted by atomic mass is 16.5. The Kier molecular flexibility index (Phi) is 5.44. The molecule has 4 rings (SSSR count). The van der Waals surface area contributed by atoms with E-state index in [1.54, 1.807) is 32.2 Å². The maximum Gasteiger partial charge on any atom is 0.268 e. The van der Waals surface area contributed by atoms with Gasteiger partial charge in [0.1, 0.15) is 12.3 Å². The SMILES string of the molecule is CNC(=O)c1ccc(CN(C(=O)CN2C(=O)C(C)Oc3ccccc32)C2CC2)cc1. The first-order chi connectivity index (χ1) is 14.5. The number of para-hydroxylation sites is 2. The molecule has 0 aromatic heterocycles. The van der Waals surface area contributed by atoms with Gasteiger partial charge in [-0.05, 0) is 49.6 Å². The van der Waals surface area contributed by atoms with E-state index in [0.717, 1.165) is 18.4 Å². The third-order valence-electron chi connectivity index (χ3n) is 5.47. The van der Waals surface area contributed by atoms with Crippen LogP contribution in [0.1, 0.15) is 35.7 Å². The van der Waals surface area contributed by atoms with Crippen molar-refractivity contribution in [3.63, 3.8) is 0 Å². The zero-order valence-corrected chi connectivity index (χ0v) is 17.1. The van der Waals surface area contributed by atoms with Crippen LogP contribution in [0.4, 0.5) is 5.69 Å². The van der Waals surface area contributed by atoms with Gasteiger partial charge in [0.05, 0.1) is 5.69 Å². The van der Waals surface area contributed by atoms with Crippen LogP contribution in [0.25, 0.3) is 0 Å². The minimum Gasteiger partial charge on any atom is -0.479 e. The predicted octanol–water partition coefficient (Wildman–Crippen LogP) is 2.35. The van der Waals surface area contributed by atoms with Crippen LogP contribution in [-0.4, -0.2) is 48.4 Å². The van der Waals surface area contributed by atoms with Gasteiger partial charge in [-0.15, -0.1) is 0 Å². The van der Waals surface area contributed by atoms with Gasteiger partial charge in [0.15, 0.2) is 6.10 Å². The number of benzene rings is 2. The Hall–Kier alpha value is -3.35. The van der Waals surface area contributed by atoms with Gasteiger partial charge in [-0.25, -0.2) is 0 Å². The molecule has 1 saturated carbocycles. The lowest BCUT2D eigenvalue weighted by Gasteiger charge is -2.34. The van der Waals surface area contributed by atoms with Crippen molar-refractivity contribution in [3.8, 4) is 5.75 Å². The molecule has 3 amide bonds. The fraction of sp³-hybridized carbons (Fsp3) is 0.348. The van der Waals surface area contributed by atoms with E-state index in [0.29, 0.717) is 23.5 Å². The predicted molar refractivity (Wildman–Crippen MR) is 112 cm³/mol. The van der Waals surface area contributed by atoms with Crippen LogP contribution in [0, 0.1) is 0 Å². The summed E-state index contributed by atoms with van der Waals surface area (Å²) in [6.07, 6.45) is 1.30. The highest BCUT2D eigenvalue weighted by Crippen LogP contribution is 2.34. The monoisotopic (exact) mass is 407 g/mol. The second-order valence-corrected chi connectivity index (χ2v) is 7.68. The van der Waals surface area contributed by atoms with Crippen molar-refractivity contribution in [3.05, 3.63) is 59.7 Å². The van der Waals surface area contributed by atoms with Gasteiger partial charge in [-0.3, -0.25) is 19.3 Å². The number of ether oxygens (including phenoxy) is 1. The average molecular weight is 407 g/mol. The third-order valence-corrected chi connectivity index (χ3v) is 5.47. The van der Waals surface area contributed by atoms with Gasteiger partial charge in [-0.2, -0.15) is 0 Å². The fourth-order valence-electron chi connectivity index (χ4n) is 3.66. The van der Waals surface area contributed by atoms with E-state index >= 15 is 0 Å². The van der Waals surface area contributed by atoms with Crippen molar-refractivity contribution < 1.29 is 19.1 Å².